The number of hydrogen-bond donors (Lipinski definition) is 2. The maximum absolute atomic E-state index is 4.59. The molecule has 1 aromatic rings. The Morgan fingerprint density at radius 3 is 2.80 bits per heavy atom. The summed E-state index contributed by atoms with van der Waals surface area (Å²) in [5.41, 5.74) is 2.58. The van der Waals surface area contributed by atoms with E-state index < -0.39 is 0 Å². The van der Waals surface area contributed by atoms with Gasteiger partial charge in [-0.2, -0.15) is 0 Å². The third kappa shape index (κ3) is 6.55. The van der Waals surface area contributed by atoms with Crippen molar-refractivity contribution in [1.29, 1.82) is 0 Å². The first-order valence-electron chi connectivity index (χ1n) is 7.55. The zero-order chi connectivity index (χ0) is 14.8. The Morgan fingerprint density at radius 1 is 1.35 bits per heavy atom. The van der Waals surface area contributed by atoms with E-state index in [9.17, 15) is 0 Å². The van der Waals surface area contributed by atoms with Crippen LogP contribution in [0.4, 0.5) is 0 Å². The molecule has 0 bridgehead atoms. The highest BCUT2D eigenvalue weighted by Crippen LogP contribution is 2.04. The van der Waals surface area contributed by atoms with Crippen molar-refractivity contribution in [2.24, 2.45) is 10.9 Å². The fourth-order valence-electron chi connectivity index (χ4n) is 1.87. The molecule has 1 rings (SSSR count). The van der Waals surface area contributed by atoms with Crippen LogP contribution in [0, 0.1) is 12.8 Å². The molecular formula is C16H28N4. The van der Waals surface area contributed by atoms with Gasteiger partial charge in [-0.15, -0.1) is 0 Å². The Labute approximate surface area is 123 Å². The van der Waals surface area contributed by atoms with E-state index in [1.54, 1.807) is 0 Å². The van der Waals surface area contributed by atoms with Crippen molar-refractivity contribution in [2.45, 2.75) is 40.5 Å². The molecule has 0 aliphatic carbocycles. The van der Waals surface area contributed by atoms with Crippen molar-refractivity contribution in [2.75, 3.05) is 19.6 Å². The molecule has 20 heavy (non-hydrogen) atoms. The van der Waals surface area contributed by atoms with E-state index in [4.69, 9.17) is 0 Å². The van der Waals surface area contributed by atoms with E-state index in [2.05, 4.69) is 54.4 Å². The molecule has 0 fully saturated rings. The molecule has 0 unspecified atom stereocenters. The summed E-state index contributed by atoms with van der Waals surface area (Å²) < 4.78 is 0. The standard InChI is InChI=1S/C16H28N4/c1-5-18-16(19-10-6-13(2)3)20-11-8-15-7-9-17-12-14(15)4/h7,9,12-13H,5-6,8,10-11H2,1-4H3,(H2,18,19,20). The van der Waals surface area contributed by atoms with Crippen LogP contribution in [0.2, 0.25) is 0 Å². The molecule has 0 aliphatic rings. The van der Waals surface area contributed by atoms with E-state index in [1.165, 1.54) is 11.1 Å². The van der Waals surface area contributed by atoms with Gasteiger partial charge in [0, 0.05) is 32.0 Å². The molecule has 4 nitrogen and oxygen atoms in total. The molecule has 0 spiro atoms. The maximum atomic E-state index is 4.59. The molecule has 0 saturated carbocycles. The number of hydrogen-bond acceptors (Lipinski definition) is 2. The Bertz CT molecular complexity index is 413. The van der Waals surface area contributed by atoms with Crippen LogP contribution in [0.3, 0.4) is 0 Å². The van der Waals surface area contributed by atoms with Crippen molar-refractivity contribution in [1.82, 2.24) is 15.6 Å². The molecule has 1 heterocycles. The summed E-state index contributed by atoms with van der Waals surface area (Å²) in [5.74, 6) is 1.61. The van der Waals surface area contributed by atoms with E-state index in [0.717, 1.165) is 38.4 Å². The molecule has 112 valence electrons. The first-order chi connectivity index (χ1) is 9.63. The lowest BCUT2D eigenvalue weighted by Crippen LogP contribution is -2.38. The van der Waals surface area contributed by atoms with Gasteiger partial charge in [0.1, 0.15) is 0 Å². The van der Waals surface area contributed by atoms with E-state index >= 15 is 0 Å². The van der Waals surface area contributed by atoms with Gasteiger partial charge in [-0.05, 0) is 49.8 Å². The van der Waals surface area contributed by atoms with Gasteiger partial charge in [0.05, 0.1) is 0 Å². The van der Waals surface area contributed by atoms with Crippen molar-refractivity contribution >= 4 is 5.96 Å². The molecule has 2 N–H and O–H groups in total. The lowest BCUT2D eigenvalue weighted by atomic mass is 10.1. The van der Waals surface area contributed by atoms with Gasteiger partial charge in [-0.3, -0.25) is 9.98 Å². The number of nitrogens with zero attached hydrogens (tertiary/aromatic N) is 2. The summed E-state index contributed by atoms with van der Waals surface area (Å²) in [6.07, 6.45) is 5.88. The monoisotopic (exact) mass is 276 g/mol. The fraction of sp³-hybridized carbons (Fsp3) is 0.625. The first kappa shape index (κ1) is 16.5. The minimum atomic E-state index is 0.695. The normalized spacial score (nSPS) is 11.8. The molecule has 0 radical (unpaired) electrons. The molecule has 0 saturated heterocycles. The van der Waals surface area contributed by atoms with Crippen LogP contribution in [0.25, 0.3) is 0 Å². The van der Waals surface area contributed by atoms with Crippen LogP contribution < -0.4 is 10.6 Å². The number of aliphatic imine (C=N–C) groups is 1. The van der Waals surface area contributed by atoms with Crippen molar-refractivity contribution in [3.05, 3.63) is 29.6 Å². The summed E-state index contributed by atoms with van der Waals surface area (Å²) in [4.78, 5) is 8.71. The highest BCUT2D eigenvalue weighted by Gasteiger charge is 2.00. The number of pyridine rings is 1. The summed E-state index contributed by atoms with van der Waals surface area (Å²) in [6.45, 7) is 11.3. The molecule has 1 aromatic heterocycles. The number of aryl methyl sites for hydroxylation is 1. The Kier molecular flexibility index (Phi) is 7.70. The average Bonchev–Trinajstić information content (AvgIpc) is 2.40. The molecule has 0 aromatic carbocycles. The van der Waals surface area contributed by atoms with Gasteiger partial charge in [0.15, 0.2) is 5.96 Å². The number of rotatable bonds is 7. The Hall–Kier alpha value is -1.58. The van der Waals surface area contributed by atoms with Crippen LogP contribution in [0.1, 0.15) is 38.3 Å². The van der Waals surface area contributed by atoms with E-state index in [1.807, 2.05) is 12.4 Å². The number of aromatic nitrogens is 1. The largest absolute Gasteiger partial charge is 0.357 e. The summed E-state index contributed by atoms with van der Waals surface area (Å²) in [5, 5.41) is 6.67. The molecule has 0 atom stereocenters. The second kappa shape index (κ2) is 9.34. The van der Waals surface area contributed by atoms with Gasteiger partial charge in [-0.1, -0.05) is 13.8 Å². The van der Waals surface area contributed by atoms with Crippen molar-refractivity contribution in [3.63, 3.8) is 0 Å². The molecule has 0 aliphatic heterocycles. The first-order valence-corrected chi connectivity index (χ1v) is 7.55. The maximum Gasteiger partial charge on any atom is 0.191 e. The molecule has 0 amide bonds. The lowest BCUT2D eigenvalue weighted by molar-refractivity contribution is 0.594. The van der Waals surface area contributed by atoms with Crippen molar-refractivity contribution in [3.8, 4) is 0 Å². The SMILES string of the molecule is CCNC(=NCCC(C)C)NCCc1ccncc1C. The second-order valence-electron chi connectivity index (χ2n) is 5.42. The smallest absolute Gasteiger partial charge is 0.191 e. The third-order valence-electron chi connectivity index (χ3n) is 3.14. The van der Waals surface area contributed by atoms with Crippen LogP contribution in [0.5, 0.6) is 0 Å². The van der Waals surface area contributed by atoms with Gasteiger partial charge >= 0.3 is 0 Å². The van der Waals surface area contributed by atoms with Gasteiger partial charge in [0.2, 0.25) is 0 Å². The van der Waals surface area contributed by atoms with Crippen molar-refractivity contribution < 1.29 is 0 Å². The minimum Gasteiger partial charge on any atom is -0.357 e. The van der Waals surface area contributed by atoms with Crippen LogP contribution in [-0.4, -0.2) is 30.6 Å². The summed E-state index contributed by atoms with van der Waals surface area (Å²) >= 11 is 0. The van der Waals surface area contributed by atoms with Gasteiger partial charge in [0.25, 0.3) is 0 Å². The predicted molar refractivity (Wildman–Crippen MR) is 86.1 cm³/mol. The number of guanidine groups is 1. The third-order valence-corrected chi connectivity index (χ3v) is 3.14. The van der Waals surface area contributed by atoms with Crippen LogP contribution in [-0.2, 0) is 6.42 Å². The van der Waals surface area contributed by atoms with E-state index in [0.29, 0.717) is 5.92 Å². The zero-order valence-electron chi connectivity index (χ0n) is 13.2. The van der Waals surface area contributed by atoms with Crippen LogP contribution in [0.15, 0.2) is 23.5 Å². The Balaban J connectivity index is 2.40. The highest BCUT2D eigenvalue weighted by atomic mass is 15.2. The predicted octanol–water partition coefficient (Wildman–Crippen LogP) is 2.53. The molecule has 4 heteroatoms. The molecular weight excluding hydrogens is 248 g/mol. The summed E-state index contributed by atoms with van der Waals surface area (Å²) in [6, 6.07) is 2.08. The quantitative estimate of drug-likeness (QED) is 0.594. The van der Waals surface area contributed by atoms with Gasteiger partial charge in [-0.25, -0.2) is 0 Å². The zero-order valence-corrected chi connectivity index (χ0v) is 13.2. The fourth-order valence-corrected chi connectivity index (χ4v) is 1.87. The average molecular weight is 276 g/mol. The topological polar surface area (TPSA) is 49.3 Å². The van der Waals surface area contributed by atoms with Crippen LogP contribution >= 0.6 is 0 Å². The number of nitrogens with one attached hydrogen (secondary N) is 2. The Morgan fingerprint density at radius 2 is 2.15 bits per heavy atom. The highest BCUT2D eigenvalue weighted by molar-refractivity contribution is 5.79. The van der Waals surface area contributed by atoms with Gasteiger partial charge < -0.3 is 10.6 Å². The minimum absolute atomic E-state index is 0.695. The van der Waals surface area contributed by atoms with E-state index in [-0.39, 0.29) is 0 Å². The lowest BCUT2D eigenvalue weighted by Gasteiger charge is -2.12. The summed E-state index contributed by atoms with van der Waals surface area (Å²) in [7, 11) is 0. The second-order valence-corrected chi connectivity index (χ2v) is 5.42.